The lowest BCUT2D eigenvalue weighted by Gasteiger charge is -2.14. The Balaban J connectivity index is 2.47. The van der Waals surface area contributed by atoms with Crippen LogP contribution in [-0.2, 0) is 10.0 Å². The third kappa shape index (κ3) is 2.97. The molecule has 0 saturated carbocycles. The number of nitrogens with one attached hydrogen (secondary N) is 1. The number of sulfonamides is 1. The molecule has 0 spiro atoms. The van der Waals surface area contributed by atoms with Gasteiger partial charge in [0, 0.05) is 0 Å². The molecule has 0 saturated heterocycles. The van der Waals surface area contributed by atoms with Crippen LogP contribution in [0.4, 0.5) is 5.69 Å². The summed E-state index contributed by atoms with van der Waals surface area (Å²) in [5.74, 6) is 0. The van der Waals surface area contributed by atoms with Crippen molar-refractivity contribution in [2.75, 3.05) is 4.72 Å². The van der Waals surface area contributed by atoms with E-state index < -0.39 is 10.0 Å². The highest BCUT2D eigenvalue weighted by Gasteiger charge is 2.19. The molecule has 0 aliphatic rings. The second-order valence-electron chi connectivity index (χ2n) is 4.81. The molecule has 0 amide bonds. The highest BCUT2D eigenvalue weighted by Crippen LogP contribution is 2.27. The summed E-state index contributed by atoms with van der Waals surface area (Å²) >= 11 is 5.96. The number of benzene rings is 2. The van der Waals surface area contributed by atoms with Gasteiger partial charge in [0.25, 0.3) is 10.0 Å². The van der Waals surface area contributed by atoms with E-state index in [4.69, 9.17) is 11.6 Å². The van der Waals surface area contributed by atoms with Crippen molar-refractivity contribution >= 4 is 27.3 Å². The molecule has 20 heavy (non-hydrogen) atoms. The predicted octanol–water partition coefficient (Wildman–Crippen LogP) is 4.07. The summed E-state index contributed by atoms with van der Waals surface area (Å²) in [6, 6.07) is 10.3. The van der Waals surface area contributed by atoms with Crippen LogP contribution in [0.1, 0.15) is 16.7 Å². The number of aryl methyl sites for hydroxylation is 3. The third-order valence-corrected chi connectivity index (χ3v) is 4.89. The molecule has 2 aromatic carbocycles. The first kappa shape index (κ1) is 14.9. The van der Waals surface area contributed by atoms with Crippen LogP contribution in [0.5, 0.6) is 0 Å². The van der Waals surface area contributed by atoms with Gasteiger partial charge in [0.2, 0.25) is 0 Å². The van der Waals surface area contributed by atoms with Crippen LogP contribution >= 0.6 is 11.6 Å². The first-order chi connectivity index (χ1) is 9.31. The van der Waals surface area contributed by atoms with Gasteiger partial charge in [-0.3, -0.25) is 4.72 Å². The highest BCUT2D eigenvalue weighted by molar-refractivity contribution is 7.92. The molecule has 0 heterocycles. The van der Waals surface area contributed by atoms with E-state index in [1.165, 1.54) is 6.07 Å². The molecule has 3 nitrogen and oxygen atoms in total. The summed E-state index contributed by atoms with van der Waals surface area (Å²) in [5, 5.41) is 0.211. The summed E-state index contributed by atoms with van der Waals surface area (Å²) in [6.45, 7) is 5.74. The maximum Gasteiger partial charge on any atom is 0.263 e. The van der Waals surface area contributed by atoms with Crippen molar-refractivity contribution in [3.63, 3.8) is 0 Å². The zero-order valence-corrected chi connectivity index (χ0v) is 13.1. The van der Waals surface area contributed by atoms with Crippen molar-refractivity contribution in [3.8, 4) is 0 Å². The largest absolute Gasteiger partial charge is 0.279 e. The van der Waals surface area contributed by atoms with Crippen LogP contribution in [-0.4, -0.2) is 8.42 Å². The van der Waals surface area contributed by atoms with Crippen molar-refractivity contribution in [1.82, 2.24) is 0 Å². The van der Waals surface area contributed by atoms with Crippen LogP contribution in [0.15, 0.2) is 41.3 Å². The molecule has 5 heteroatoms. The maximum absolute atomic E-state index is 12.4. The molecule has 0 bridgehead atoms. The average Bonchev–Trinajstić information content (AvgIpc) is 2.34. The van der Waals surface area contributed by atoms with Crippen molar-refractivity contribution in [2.45, 2.75) is 25.7 Å². The monoisotopic (exact) mass is 309 g/mol. The van der Waals surface area contributed by atoms with E-state index in [2.05, 4.69) is 4.72 Å². The maximum atomic E-state index is 12.4. The highest BCUT2D eigenvalue weighted by atomic mass is 35.5. The molecule has 0 unspecified atom stereocenters. The number of hydrogen-bond donors (Lipinski definition) is 1. The summed E-state index contributed by atoms with van der Waals surface area (Å²) in [5.41, 5.74) is 3.48. The summed E-state index contributed by atoms with van der Waals surface area (Å²) in [7, 11) is -3.68. The first-order valence-corrected chi connectivity index (χ1v) is 8.02. The Kier molecular flexibility index (Phi) is 4.06. The molecule has 0 atom stereocenters. The average molecular weight is 310 g/mol. The molecule has 2 aromatic rings. The zero-order valence-electron chi connectivity index (χ0n) is 11.6. The fourth-order valence-electron chi connectivity index (χ4n) is 2.19. The van der Waals surface area contributed by atoms with E-state index in [-0.39, 0.29) is 9.92 Å². The summed E-state index contributed by atoms with van der Waals surface area (Å²) in [4.78, 5) is 0.0843. The summed E-state index contributed by atoms with van der Waals surface area (Å²) in [6.07, 6.45) is 0. The Morgan fingerprint density at radius 3 is 2.10 bits per heavy atom. The minimum Gasteiger partial charge on any atom is -0.279 e. The Bertz CT molecular complexity index is 731. The quantitative estimate of drug-likeness (QED) is 0.929. The Hall–Kier alpha value is -1.52. The Labute approximate surface area is 124 Å². The van der Waals surface area contributed by atoms with Gasteiger partial charge < -0.3 is 0 Å². The first-order valence-electron chi connectivity index (χ1n) is 6.16. The molecular weight excluding hydrogens is 294 g/mol. The zero-order chi connectivity index (χ0) is 14.9. The van der Waals surface area contributed by atoms with Gasteiger partial charge in [-0.2, -0.15) is 0 Å². The van der Waals surface area contributed by atoms with Crippen LogP contribution in [0.25, 0.3) is 0 Å². The van der Waals surface area contributed by atoms with E-state index in [9.17, 15) is 8.42 Å². The van der Waals surface area contributed by atoms with Gasteiger partial charge in [-0.15, -0.1) is 0 Å². The fourth-order valence-corrected chi connectivity index (χ4v) is 3.92. The standard InChI is InChI=1S/C15H16ClNO2S/c1-10-8-11(2)15(12(3)9-10)17-20(18,19)14-7-5-4-6-13(14)16/h4-9,17H,1-3H3. The van der Waals surface area contributed by atoms with Crippen molar-refractivity contribution < 1.29 is 8.42 Å². The van der Waals surface area contributed by atoms with E-state index >= 15 is 0 Å². The SMILES string of the molecule is Cc1cc(C)c(NS(=O)(=O)c2ccccc2Cl)c(C)c1. The minimum atomic E-state index is -3.68. The van der Waals surface area contributed by atoms with Gasteiger partial charge in [0.05, 0.1) is 10.7 Å². The topological polar surface area (TPSA) is 46.2 Å². The fraction of sp³-hybridized carbons (Fsp3) is 0.200. The van der Waals surface area contributed by atoms with Gasteiger partial charge in [-0.1, -0.05) is 41.4 Å². The van der Waals surface area contributed by atoms with Crippen molar-refractivity contribution in [3.05, 3.63) is 58.1 Å². The van der Waals surface area contributed by atoms with Gasteiger partial charge >= 0.3 is 0 Å². The lowest BCUT2D eigenvalue weighted by atomic mass is 10.1. The normalized spacial score (nSPS) is 11.4. The van der Waals surface area contributed by atoms with E-state index in [0.29, 0.717) is 5.69 Å². The second kappa shape index (κ2) is 5.46. The molecule has 0 aliphatic carbocycles. The van der Waals surface area contributed by atoms with E-state index in [1.54, 1.807) is 18.2 Å². The number of halogens is 1. The number of rotatable bonds is 3. The molecular formula is C15H16ClNO2S. The predicted molar refractivity (Wildman–Crippen MR) is 82.9 cm³/mol. The molecule has 0 aliphatic heterocycles. The number of hydrogen-bond acceptors (Lipinski definition) is 2. The molecule has 106 valence electrons. The molecule has 0 fully saturated rings. The van der Waals surface area contributed by atoms with E-state index in [0.717, 1.165) is 16.7 Å². The molecule has 0 aromatic heterocycles. The Morgan fingerprint density at radius 1 is 1.00 bits per heavy atom. The van der Waals surface area contributed by atoms with Gasteiger partial charge in [0.1, 0.15) is 4.90 Å². The lowest BCUT2D eigenvalue weighted by Crippen LogP contribution is -2.15. The molecule has 0 radical (unpaired) electrons. The minimum absolute atomic E-state index is 0.0843. The Morgan fingerprint density at radius 2 is 1.55 bits per heavy atom. The summed E-state index contributed by atoms with van der Waals surface area (Å²) < 4.78 is 27.5. The second-order valence-corrected chi connectivity index (χ2v) is 6.87. The van der Waals surface area contributed by atoms with Crippen LogP contribution in [0.3, 0.4) is 0 Å². The van der Waals surface area contributed by atoms with E-state index in [1.807, 2.05) is 32.9 Å². The van der Waals surface area contributed by atoms with Gasteiger partial charge in [-0.05, 0) is 44.0 Å². The smallest absolute Gasteiger partial charge is 0.263 e. The van der Waals surface area contributed by atoms with Crippen molar-refractivity contribution in [1.29, 1.82) is 0 Å². The number of anilines is 1. The van der Waals surface area contributed by atoms with Crippen molar-refractivity contribution in [2.24, 2.45) is 0 Å². The van der Waals surface area contributed by atoms with Crippen LogP contribution in [0.2, 0.25) is 5.02 Å². The molecule has 1 N–H and O–H groups in total. The van der Waals surface area contributed by atoms with Crippen LogP contribution < -0.4 is 4.72 Å². The van der Waals surface area contributed by atoms with Gasteiger partial charge in [0.15, 0.2) is 0 Å². The van der Waals surface area contributed by atoms with Crippen LogP contribution in [0, 0.1) is 20.8 Å². The molecule has 2 rings (SSSR count). The third-order valence-electron chi connectivity index (χ3n) is 3.04. The lowest BCUT2D eigenvalue weighted by molar-refractivity contribution is 0.601. The van der Waals surface area contributed by atoms with Gasteiger partial charge in [-0.25, -0.2) is 8.42 Å².